The molecule has 1 heterocycles. The third kappa shape index (κ3) is 3.78. The summed E-state index contributed by atoms with van der Waals surface area (Å²) < 4.78 is 40.6. The topological polar surface area (TPSA) is 89.2 Å². The first-order chi connectivity index (χ1) is 10.9. The number of nitrogens with one attached hydrogen (secondary N) is 1. The molecule has 2 rings (SSSR count). The average Bonchev–Trinajstić information content (AvgIpc) is 2.87. The van der Waals surface area contributed by atoms with Crippen molar-refractivity contribution < 1.29 is 23.1 Å². The van der Waals surface area contributed by atoms with Gasteiger partial charge in [-0.25, -0.2) is 32.0 Å². The van der Waals surface area contributed by atoms with Crippen LogP contribution < -0.4 is 11.0 Å². The summed E-state index contributed by atoms with van der Waals surface area (Å²) >= 11 is 0. The quantitative estimate of drug-likeness (QED) is 0.869. The first kappa shape index (κ1) is 16.3. The number of hydrogen-bond donors (Lipinski definition) is 2. The zero-order chi connectivity index (χ0) is 17.0. The molecule has 1 aromatic heterocycles. The van der Waals surface area contributed by atoms with Crippen LogP contribution in [0.2, 0.25) is 0 Å². The van der Waals surface area contributed by atoms with Crippen molar-refractivity contribution in [1.82, 2.24) is 19.7 Å². The molecule has 1 amide bonds. The molecule has 7 nitrogen and oxygen atoms in total. The molecule has 0 bridgehead atoms. The first-order valence-corrected chi connectivity index (χ1v) is 6.27. The van der Waals surface area contributed by atoms with E-state index in [1.165, 1.54) is 6.07 Å². The highest BCUT2D eigenvalue weighted by molar-refractivity contribution is 5.64. The molecule has 0 aliphatic heterocycles. The van der Waals surface area contributed by atoms with Gasteiger partial charge in [-0.2, -0.15) is 5.10 Å². The average molecular weight is 328 g/mol. The minimum absolute atomic E-state index is 0.0370. The van der Waals surface area contributed by atoms with E-state index in [0.717, 1.165) is 27.7 Å². The van der Waals surface area contributed by atoms with Crippen LogP contribution in [0.4, 0.5) is 18.0 Å². The molecule has 0 aliphatic rings. The predicted molar refractivity (Wildman–Crippen MR) is 73.0 cm³/mol. The number of aromatic nitrogens is 3. The number of carboxylic acid groups (broad SMARTS) is 1. The summed E-state index contributed by atoms with van der Waals surface area (Å²) in [5.41, 5.74) is -0.703. The summed E-state index contributed by atoms with van der Waals surface area (Å²) in [6.45, 7) is -0.622. The minimum Gasteiger partial charge on any atom is -0.465 e. The Bertz CT molecular complexity index is 813. The van der Waals surface area contributed by atoms with Gasteiger partial charge in [-0.1, -0.05) is 0 Å². The zero-order valence-electron chi connectivity index (χ0n) is 11.5. The van der Waals surface area contributed by atoms with Crippen molar-refractivity contribution in [2.24, 2.45) is 0 Å². The van der Waals surface area contributed by atoms with Crippen LogP contribution in [0.25, 0.3) is 5.69 Å². The maximum Gasteiger partial charge on any atom is 0.404 e. The van der Waals surface area contributed by atoms with Gasteiger partial charge in [0.05, 0.1) is 18.6 Å². The van der Waals surface area contributed by atoms with Gasteiger partial charge in [-0.15, -0.1) is 0 Å². The van der Waals surface area contributed by atoms with Gasteiger partial charge in [0.2, 0.25) is 0 Å². The number of amides is 1. The van der Waals surface area contributed by atoms with E-state index < -0.39 is 23.4 Å². The van der Waals surface area contributed by atoms with Crippen molar-refractivity contribution in [2.45, 2.75) is 6.54 Å². The fourth-order valence-electron chi connectivity index (χ4n) is 1.77. The second kappa shape index (κ2) is 6.81. The van der Waals surface area contributed by atoms with Crippen LogP contribution in [-0.4, -0.2) is 32.1 Å². The zero-order valence-corrected chi connectivity index (χ0v) is 11.5. The standard InChI is InChI=1S/C13H11F3N4O3/c14-4-8(5-17-12(21)22)6-20-13(23)19(7-18-20)9-1-2-10(15)11(16)3-9/h1-4,7,17H,5-6H2,(H,21,22). The Hall–Kier alpha value is -3.04. The van der Waals surface area contributed by atoms with Gasteiger partial charge in [0.25, 0.3) is 0 Å². The van der Waals surface area contributed by atoms with E-state index in [-0.39, 0.29) is 30.7 Å². The SMILES string of the molecule is O=C(O)NCC(=CF)Cn1ncn(-c2ccc(F)c(F)c2)c1=O. The van der Waals surface area contributed by atoms with Gasteiger partial charge < -0.3 is 10.4 Å². The molecule has 0 saturated carbocycles. The van der Waals surface area contributed by atoms with Crippen LogP contribution in [0.3, 0.4) is 0 Å². The predicted octanol–water partition coefficient (Wildman–Crippen LogP) is 1.43. The van der Waals surface area contributed by atoms with Crippen LogP contribution in [0.5, 0.6) is 0 Å². The van der Waals surface area contributed by atoms with Crippen molar-refractivity contribution in [3.8, 4) is 5.69 Å². The van der Waals surface area contributed by atoms with Crippen molar-refractivity contribution in [1.29, 1.82) is 0 Å². The smallest absolute Gasteiger partial charge is 0.404 e. The second-order valence-corrected chi connectivity index (χ2v) is 4.47. The van der Waals surface area contributed by atoms with E-state index in [9.17, 15) is 22.8 Å². The number of benzene rings is 1. The molecular weight excluding hydrogens is 317 g/mol. The van der Waals surface area contributed by atoms with E-state index in [1.54, 1.807) is 0 Å². The lowest BCUT2D eigenvalue weighted by molar-refractivity contribution is 0.195. The molecule has 0 saturated heterocycles. The molecular formula is C13H11F3N4O3. The molecule has 2 aromatic rings. The summed E-state index contributed by atoms with van der Waals surface area (Å²) in [5.74, 6) is -2.19. The molecule has 1 aromatic carbocycles. The molecule has 0 aliphatic carbocycles. The van der Waals surface area contributed by atoms with Gasteiger partial charge in [-0.3, -0.25) is 0 Å². The summed E-state index contributed by atoms with van der Waals surface area (Å²) in [7, 11) is 0. The number of nitrogens with zero attached hydrogens (tertiary/aromatic N) is 3. The lowest BCUT2D eigenvalue weighted by atomic mass is 10.3. The molecule has 0 fully saturated rings. The molecule has 23 heavy (non-hydrogen) atoms. The van der Waals surface area contributed by atoms with E-state index in [4.69, 9.17) is 5.11 Å². The fraction of sp³-hybridized carbons (Fsp3) is 0.154. The molecule has 122 valence electrons. The molecule has 0 atom stereocenters. The largest absolute Gasteiger partial charge is 0.465 e. The van der Waals surface area contributed by atoms with Gasteiger partial charge in [0, 0.05) is 12.6 Å². The van der Waals surface area contributed by atoms with Gasteiger partial charge in [0.1, 0.15) is 6.33 Å². The number of halogens is 3. The van der Waals surface area contributed by atoms with Crippen LogP contribution in [0, 0.1) is 11.6 Å². The number of carbonyl (C=O) groups is 1. The Morgan fingerprint density at radius 1 is 1.35 bits per heavy atom. The minimum atomic E-state index is -1.34. The Labute approximate surface area is 127 Å². The van der Waals surface area contributed by atoms with Crippen molar-refractivity contribution >= 4 is 6.09 Å². The second-order valence-electron chi connectivity index (χ2n) is 4.47. The van der Waals surface area contributed by atoms with E-state index in [0.29, 0.717) is 0 Å². The maximum absolute atomic E-state index is 13.2. The van der Waals surface area contributed by atoms with Crippen molar-refractivity contribution in [3.05, 3.63) is 58.5 Å². The van der Waals surface area contributed by atoms with Gasteiger partial charge >= 0.3 is 11.8 Å². The fourth-order valence-corrected chi connectivity index (χ4v) is 1.77. The van der Waals surface area contributed by atoms with Crippen LogP contribution >= 0.6 is 0 Å². The lowest BCUT2D eigenvalue weighted by Gasteiger charge is -2.05. The Morgan fingerprint density at radius 2 is 2.09 bits per heavy atom. The van der Waals surface area contributed by atoms with Crippen LogP contribution in [-0.2, 0) is 6.54 Å². The number of rotatable bonds is 5. The van der Waals surface area contributed by atoms with Gasteiger partial charge in [0.15, 0.2) is 11.6 Å². The van der Waals surface area contributed by atoms with Crippen LogP contribution in [0.15, 0.2) is 41.2 Å². The molecule has 0 radical (unpaired) electrons. The highest BCUT2D eigenvalue weighted by Gasteiger charge is 2.11. The summed E-state index contributed by atoms with van der Waals surface area (Å²) in [4.78, 5) is 22.5. The summed E-state index contributed by atoms with van der Waals surface area (Å²) in [6, 6.07) is 2.86. The Kier molecular flexibility index (Phi) is 4.84. The van der Waals surface area contributed by atoms with Crippen molar-refractivity contribution in [3.63, 3.8) is 0 Å². The van der Waals surface area contributed by atoms with E-state index in [2.05, 4.69) is 5.10 Å². The molecule has 10 heteroatoms. The maximum atomic E-state index is 13.2. The van der Waals surface area contributed by atoms with E-state index >= 15 is 0 Å². The van der Waals surface area contributed by atoms with Gasteiger partial charge in [-0.05, 0) is 17.7 Å². The summed E-state index contributed by atoms with van der Waals surface area (Å²) in [6.07, 6.45) is -0.113. The Morgan fingerprint density at radius 3 is 2.70 bits per heavy atom. The third-order valence-electron chi connectivity index (χ3n) is 2.89. The molecule has 2 N–H and O–H groups in total. The van der Waals surface area contributed by atoms with E-state index in [1.807, 2.05) is 5.32 Å². The highest BCUT2D eigenvalue weighted by Crippen LogP contribution is 2.11. The molecule has 0 spiro atoms. The monoisotopic (exact) mass is 328 g/mol. The third-order valence-corrected chi connectivity index (χ3v) is 2.89. The number of hydrogen-bond acceptors (Lipinski definition) is 3. The normalized spacial score (nSPS) is 11.5. The highest BCUT2D eigenvalue weighted by atomic mass is 19.2. The summed E-state index contributed by atoms with van der Waals surface area (Å²) in [5, 5.41) is 14.1. The lowest BCUT2D eigenvalue weighted by Crippen LogP contribution is -2.29. The van der Waals surface area contributed by atoms with Crippen LogP contribution in [0.1, 0.15) is 0 Å². The molecule has 0 unspecified atom stereocenters. The Balaban J connectivity index is 2.23. The first-order valence-electron chi connectivity index (χ1n) is 6.27. The van der Waals surface area contributed by atoms with Crippen molar-refractivity contribution in [2.75, 3.05) is 6.54 Å².